The topological polar surface area (TPSA) is 105 Å². The molecule has 0 fully saturated rings. The number of anilines is 1. The molecule has 0 amide bonds. The summed E-state index contributed by atoms with van der Waals surface area (Å²) in [5.74, 6) is -1.16. The first kappa shape index (κ1) is 13.6. The number of oxazole rings is 1. The normalized spacial score (nSPS) is 12.3. The Hall–Kier alpha value is -1.80. The van der Waals surface area contributed by atoms with Gasteiger partial charge in [0.05, 0.1) is 0 Å². The van der Waals surface area contributed by atoms with Gasteiger partial charge in [-0.15, -0.1) is 4.91 Å². The Labute approximate surface area is 116 Å². The molecule has 0 aliphatic heterocycles. The van der Waals surface area contributed by atoms with Crippen LogP contribution in [-0.2, 0) is 4.79 Å². The van der Waals surface area contributed by atoms with E-state index in [4.69, 9.17) is 21.1 Å². The minimum atomic E-state index is -1.13. The Morgan fingerprint density at radius 1 is 1.63 bits per heavy atom. The highest BCUT2D eigenvalue weighted by molar-refractivity contribution is 7.97. The number of carboxylic acids is 1. The molecule has 2 aromatic rings. The van der Waals surface area contributed by atoms with Gasteiger partial charge in [-0.25, -0.2) is 4.79 Å². The lowest BCUT2D eigenvalue weighted by atomic mass is 10.3. The van der Waals surface area contributed by atoms with E-state index in [1.165, 1.54) is 0 Å². The van der Waals surface area contributed by atoms with Crippen LogP contribution in [0, 0.1) is 4.91 Å². The molecule has 1 atom stereocenters. The minimum Gasteiger partial charge on any atom is -0.480 e. The number of aromatic nitrogens is 1. The van der Waals surface area contributed by atoms with Crippen LogP contribution in [0.5, 0.6) is 0 Å². The molecule has 9 heteroatoms. The molecule has 0 aliphatic rings. The summed E-state index contributed by atoms with van der Waals surface area (Å²) in [6.07, 6.45) is 0. The van der Waals surface area contributed by atoms with Gasteiger partial charge in [0, 0.05) is 33.4 Å². The second-order valence-corrected chi connectivity index (χ2v) is 4.71. The molecular weight excluding hydrogens is 294 g/mol. The number of nitrogens with zero attached hydrogens (tertiary/aromatic N) is 2. The summed E-state index contributed by atoms with van der Waals surface area (Å²) in [4.78, 5) is 25.0. The number of hydrogen-bond acceptors (Lipinski definition) is 7. The zero-order chi connectivity index (χ0) is 13.8. The van der Waals surface area contributed by atoms with Gasteiger partial charge >= 0.3 is 5.97 Å². The quantitative estimate of drug-likeness (QED) is 0.624. The van der Waals surface area contributed by atoms with E-state index >= 15 is 0 Å². The molecule has 0 saturated heterocycles. The highest BCUT2D eigenvalue weighted by Crippen LogP contribution is 2.23. The standard InChI is InChI=1S/C10H8ClN3O4S/c11-5-1-2-6-8(3-5)18-10(12-6)13-7(9(15)16)4-19-14-17/h1-3,7H,4H2,(H,12,13)(H,15,16). The molecule has 0 spiro atoms. The SMILES string of the molecule is O=NSCC(Nc1nc2ccc(Cl)cc2o1)C(=O)O. The number of aliphatic carboxylic acids is 1. The van der Waals surface area contributed by atoms with E-state index in [2.05, 4.69) is 14.9 Å². The summed E-state index contributed by atoms with van der Waals surface area (Å²) in [6.45, 7) is 0. The molecule has 0 bridgehead atoms. The molecule has 2 rings (SSSR count). The fourth-order valence-electron chi connectivity index (χ4n) is 1.39. The summed E-state index contributed by atoms with van der Waals surface area (Å²) >= 11 is 6.41. The number of halogens is 1. The summed E-state index contributed by atoms with van der Waals surface area (Å²) < 4.78 is 7.87. The van der Waals surface area contributed by atoms with E-state index in [-0.39, 0.29) is 11.8 Å². The zero-order valence-corrected chi connectivity index (χ0v) is 10.9. The maximum absolute atomic E-state index is 11.0. The largest absolute Gasteiger partial charge is 0.480 e. The Kier molecular flexibility index (Phi) is 4.23. The van der Waals surface area contributed by atoms with Crippen molar-refractivity contribution in [2.24, 2.45) is 4.58 Å². The van der Waals surface area contributed by atoms with Crippen LogP contribution >= 0.6 is 23.5 Å². The summed E-state index contributed by atoms with van der Waals surface area (Å²) in [6, 6.07) is 3.91. The van der Waals surface area contributed by atoms with Gasteiger partial charge in [-0.2, -0.15) is 4.98 Å². The predicted molar refractivity (Wildman–Crippen MR) is 72.3 cm³/mol. The average molecular weight is 302 g/mol. The van der Waals surface area contributed by atoms with Crippen molar-refractivity contribution in [3.8, 4) is 0 Å². The third-order valence-electron chi connectivity index (χ3n) is 2.24. The minimum absolute atomic E-state index is 0.0294. The fraction of sp³-hybridized carbons (Fsp3) is 0.200. The van der Waals surface area contributed by atoms with Crippen LogP contribution in [0.2, 0.25) is 5.02 Å². The van der Waals surface area contributed by atoms with Gasteiger partial charge in [0.2, 0.25) is 0 Å². The van der Waals surface area contributed by atoms with E-state index in [1.54, 1.807) is 18.2 Å². The maximum Gasteiger partial charge on any atom is 0.327 e. The Morgan fingerprint density at radius 3 is 3.11 bits per heavy atom. The van der Waals surface area contributed by atoms with Gasteiger partial charge in [0.15, 0.2) is 5.58 Å². The Morgan fingerprint density at radius 2 is 2.42 bits per heavy atom. The zero-order valence-electron chi connectivity index (χ0n) is 9.37. The lowest BCUT2D eigenvalue weighted by Gasteiger charge is -2.09. The van der Waals surface area contributed by atoms with Gasteiger partial charge in [-0.1, -0.05) is 11.6 Å². The molecule has 0 saturated carbocycles. The Bertz CT molecular complexity index is 618. The Balaban J connectivity index is 2.18. The lowest BCUT2D eigenvalue weighted by molar-refractivity contribution is -0.137. The lowest BCUT2D eigenvalue weighted by Crippen LogP contribution is -2.31. The van der Waals surface area contributed by atoms with Crippen molar-refractivity contribution >= 4 is 46.6 Å². The number of rotatable bonds is 6. The van der Waals surface area contributed by atoms with Crippen LogP contribution in [0.25, 0.3) is 11.1 Å². The molecular formula is C10H8ClN3O4S. The number of benzene rings is 1. The number of hydrogen-bond donors (Lipinski definition) is 2. The summed E-state index contributed by atoms with van der Waals surface area (Å²) in [7, 11) is 0. The highest BCUT2D eigenvalue weighted by Gasteiger charge is 2.20. The first-order valence-corrected chi connectivity index (χ1v) is 6.42. The van der Waals surface area contributed by atoms with Gasteiger partial charge in [0.25, 0.3) is 6.01 Å². The molecule has 0 radical (unpaired) electrons. The first-order chi connectivity index (χ1) is 9.10. The monoisotopic (exact) mass is 301 g/mol. The van der Waals surface area contributed by atoms with Crippen LogP contribution in [0.3, 0.4) is 0 Å². The van der Waals surface area contributed by atoms with Crippen LogP contribution < -0.4 is 5.32 Å². The van der Waals surface area contributed by atoms with Crippen LogP contribution in [0.15, 0.2) is 27.2 Å². The summed E-state index contributed by atoms with van der Waals surface area (Å²) in [5.41, 5.74) is 0.998. The third kappa shape index (κ3) is 3.36. The molecule has 1 unspecified atom stereocenters. The second kappa shape index (κ2) is 5.89. The first-order valence-electron chi connectivity index (χ1n) is 5.10. The van der Waals surface area contributed by atoms with Crippen molar-refractivity contribution in [2.75, 3.05) is 11.1 Å². The number of carbonyl (C=O) groups is 1. The van der Waals surface area contributed by atoms with E-state index in [0.717, 1.165) is 0 Å². The summed E-state index contributed by atoms with van der Waals surface area (Å²) in [5, 5.41) is 12.0. The number of nitroso groups, excluding NO2 is 1. The van der Waals surface area contributed by atoms with Crippen molar-refractivity contribution in [1.82, 2.24) is 4.98 Å². The smallest absolute Gasteiger partial charge is 0.327 e. The molecule has 7 nitrogen and oxygen atoms in total. The van der Waals surface area contributed by atoms with Gasteiger partial charge in [0.1, 0.15) is 11.6 Å². The second-order valence-electron chi connectivity index (χ2n) is 3.54. The molecule has 100 valence electrons. The molecule has 19 heavy (non-hydrogen) atoms. The van der Waals surface area contributed by atoms with Crippen molar-refractivity contribution in [3.05, 3.63) is 28.1 Å². The van der Waals surface area contributed by atoms with Gasteiger partial charge in [-0.3, -0.25) is 0 Å². The number of carboxylic acid groups (broad SMARTS) is 1. The van der Waals surface area contributed by atoms with Crippen molar-refractivity contribution in [3.63, 3.8) is 0 Å². The van der Waals surface area contributed by atoms with Crippen LogP contribution in [0.1, 0.15) is 0 Å². The number of nitrogens with one attached hydrogen (secondary N) is 1. The van der Waals surface area contributed by atoms with Crippen molar-refractivity contribution in [1.29, 1.82) is 0 Å². The van der Waals surface area contributed by atoms with Crippen molar-refractivity contribution < 1.29 is 14.3 Å². The maximum atomic E-state index is 11.0. The van der Waals surface area contributed by atoms with E-state index < -0.39 is 12.0 Å². The van der Waals surface area contributed by atoms with Crippen LogP contribution in [-0.4, -0.2) is 27.9 Å². The van der Waals surface area contributed by atoms with Crippen molar-refractivity contribution in [2.45, 2.75) is 6.04 Å². The van der Waals surface area contributed by atoms with Gasteiger partial charge < -0.3 is 14.8 Å². The van der Waals surface area contributed by atoms with E-state index in [9.17, 15) is 9.70 Å². The average Bonchev–Trinajstić information content (AvgIpc) is 2.75. The number of fused-ring (bicyclic) bond motifs is 1. The molecule has 0 aliphatic carbocycles. The van der Waals surface area contributed by atoms with Crippen LogP contribution in [0.4, 0.5) is 6.01 Å². The fourth-order valence-corrected chi connectivity index (χ4v) is 1.99. The molecule has 2 N–H and O–H groups in total. The molecule has 1 aromatic heterocycles. The third-order valence-corrected chi connectivity index (χ3v) is 3.06. The van der Waals surface area contributed by atoms with E-state index in [1.807, 2.05) is 0 Å². The van der Waals surface area contributed by atoms with Gasteiger partial charge in [-0.05, 0) is 12.1 Å². The van der Waals surface area contributed by atoms with E-state index in [0.29, 0.717) is 28.1 Å². The molecule has 1 aromatic carbocycles. The highest BCUT2D eigenvalue weighted by atomic mass is 35.5. The predicted octanol–water partition coefficient (Wildman–Crippen LogP) is 2.76. The molecule has 1 heterocycles.